The molecule has 0 bridgehead atoms. The fraction of sp³-hybridized carbons (Fsp3) is 0.0426. The van der Waals surface area contributed by atoms with Gasteiger partial charge in [0.15, 0.2) is 17.5 Å². The summed E-state index contributed by atoms with van der Waals surface area (Å²) >= 11 is 0. The Kier molecular flexibility index (Phi) is 7.97. The Balaban J connectivity index is 1.19. The summed E-state index contributed by atoms with van der Waals surface area (Å²) in [5.41, 5.74) is 11.6. The van der Waals surface area contributed by atoms with Crippen LogP contribution < -0.4 is 0 Å². The summed E-state index contributed by atoms with van der Waals surface area (Å²) in [6.45, 7) is 0. The highest BCUT2D eigenvalue weighted by molar-refractivity contribution is 6.15. The van der Waals surface area contributed by atoms with Crippen molar-refractivity contribution in [3.8, 4) is 57.2 Å². The van der Waals surface area contributed by atoms with Crippen molar-refractivity contribution in [2.24, 2.45) is 0 Å². The van der Waals surface area contributed by atoms with Crippen LogP contribution in [-0.4, -0.2) is 15.0 Å². The molecule has 6 aromatic carbocycles. The number of nitrogens with zero attached hydrogens (tertiary/aromatic N) is 5. The number of allylic oxidation sites excluding steroid dienone is 4. The van der Waals surface area contributed by atoms with Crippen LogP contribution in [0.3, 0.4) is 0 Å². The summed E-state index contributed by atoms with van der Waals surface area (Å²) in [4.78, 5) is 14.8. The lowest BCUT2D eigenvalue weighted by atomic mass is 9.89. The van der Waals surface area contributed by atoms with E-state index in [-0.39, 0.29) is 0 Å². The third-order valence-electron chi connectivity index (χ3n) is 9.71. The fourth-order valence-electron chi connectivity index (χ4n) is 7.10. The summed E-state index contributed by atoms with van der Waals surface area (Å²) in [6.07, 6.45) is 5.85. The number of hydrogen-bond donors (Lipinski definition) is 0. The van der Waals surface area contributed by atoms with Gasteiger partial charge < -0.3 is 4.42 Å². The molecule has 1 aliphatic carbocycles. The Morgan fingerprint density at radius 1 is 0.472 bits per heavy atom. The van der Waals surface area contributed by atoms with Crippen molar-refractivity contribution in [1.82, 2.24) is 15.0 Å². The van der Waals surface area contributed by atoms with Crippen molar-refractivity contribution in [3.63, 3.8) is 0 Å². The summed E-state index contributed by atoms with van der Waals surface area (Å²) in [5.74, 6) is 1.97. The van der Waals surface area contributed by atoms with Gasteiger partial charge in [-0.3, -0.25) is 0 Å². The number of furan rings is 1. The zero-order valence-electron chi connectivity index (χ0n) is 28.5. The maximum atomic E-state index is 9.70. The first-order chi connectivity index (χ1) is 26.1. The normalized spacial score (nSPS) is 12.6. The molecule has 0 saturated carbocycles. The van der Waals surface area contributed by atoms with Crippen molar-refractivity contribution in [2.75, 3.05) is 0 Å². The van der Waals surface area contributed by atoms with Gasteiger partial charge >= 0.3 is 0 Å². The number of aromatic nitrogens is 3. The van der Waals surface area contributed by atoms with Gasteiger partial charge in [-0.2, -0.15) is 10.5 Å². The topological polar surface area (TPSA) is 99.4 Å². The number of benzene rings is 6. The molecule has 6 nitrogen and oxygen atoms in total. The van der Waals surface area contributed by atoms with Crippen LogP contribution in [0.4, 0.5) is 0 Å². The molecule has 0 aliphatic heterocycles. The molecule has 0 fully saturated rings. The number of fused-ring (bicyclic) bond motifs is 3. The first kappa shape index (κ1) is 31.6. The van der Waals surface area contributed by atoms with Gasteiger partial charge in [-0.05, 0) is 88.7 Å². The predicted octanol–water partition coefficient (Wildman–Crippen LogP) is 11.4. The summed E-state index contributed by atoms with van der Waals surface area (Å²) in [5, 5.41) is 21.4. The van der Waals surface area contributed by atoms with Gasteiger partial charge in [-0.25, -0.2) is 15.0 Å². The summed E-state index contributed by atoms with van der Waals surface area (Å²) < 4.78 is 6.67. The fourth-order valence-corrected chi connectivity index (χ4v) is 7.10. The zero-order chi connectivity index (χ0) is 35.7. The van der Waals surface area contributed by atoms with E-state index in [2.05, 4.69) is 42.5 Å². The molecular formula is C47H29N5O. The molecule has 53 heavy (non-hydrogen) atoms. The van der Waals surface area contributed by atoms with E-state index in [9.17, 15) is 10.5 Å². The average molecular weight is 680 g/mol. The Bertz CT molecular complexity index is 2800. The molecule has 0 radical (unpaired) electrons. The lowest BCUT2D eigenvalue weighted by Gasteiger charge is -2.16. The highest BCUT2D eigenvalue weighted by Gasteiger charge is 2.21. The number of nitriles is 2. The van der Waals surface area contributed by atoms with Crippen LogP contribution in [0.1, 0.15) is 35.4 Å². The van der Waals surface area contributed by atoms with Gasteiger partial charge in [0.25, 0.3) is 0 Å². The molecule has 9 rings (SSSR count). The molecule has 1 aliphatic rings. The van der Waals surface area contributed by atoms with Gasteiger partial charge in [0.1, 0.15) is 11.2 Å². The standard InChI is InChI=1S/C47H29N5O/c48-28-30-10-7-16-36(24-30)38-26-40(37-17-8-11-31(25-37)29-49)44-41(27-38)43-39(18-9-19-42(43)53-44)32-20-22-35(23-21-32)47-51-45(33-12-3-1-4-13-33)50-46(52-47)34-14-5-2-6-15-34/h1-20,22,24-27H,21,23H2. The van der Waals surface area contributed by atoms with Crippen molar-refractivity contribution >= 4 is 33.1 Å². The van der Waals surface area contributed by atoms with E-state index in [1.165, 1.54) is 5.57 Å². The quantitative estimate of drug-likeness (QED) is 0.173. The Labute approximate surface area is 306 Å². The van der Waals surface area contributed by atoms with E-state index in [4.69, 9.17) is 19.4 Å². The summed E-state index contributed by atoms with van der Waals surface area (Å²) in [7, 11) is 0. The van der Waals surface area contributed by atoms with Crippen LogP contribution in [0.25, 0.3) is 78.1 Å². The second-order valence-electron chi connectivity index (χ2n) is 13.0. The first-order valence-electron chi connectivity index (χ1n) is 17.4. The molecule has 0 atom stereocenters. The molecule has 8 aromatic rings. The molecular weight excluding hydrogens is 651 g/mol. The molecule has 2 heterocycles. The molecule has 6 heteroatoms. The smallest absolute Gasteiger partial charge is 0.164 e. The zero-order valence-corrected chi connectivity index (χ0v) is 28.5. The van der Waals surface area contributed by atoms with Gasteiger partial charge in [0.2, 0.25) is 0 Å². The van der Waals surface area contributed by atoms with E-state index in [1.54, 1.807) is 6.07 Å². The minimum Gasteiger partial charge on any atom is -0.455 e. The second kappa shape index (κ2) is 13.4. The Hall–Kier alpha value is -7.41. The van der Waals surface area contributed by atoms with E-state index >= 15 is 0 Å². The number of rotatable bonds is 6. The van der Waals surface area contributed by atoms with Crippen LogP contribution >= 0.6 is 0 Å². The third-order valence-corrected chi connectivity index (χ3v) is 9.71. The average Bonchev–Trinajstić information content (AvgIpc) is 3.63. The van der Waals surface area contributed by atoms with Gasteiger partial charge in [-0.1, -0.05) is 109 Å². The molecule has 2 aromatic heterocycles. The van der Waals surface area contributed by atoms with E-state index in [0.29, 0.717) is 28.6 Å². The maximum Gasteiger partial charge on any atom is 0.164 e. The van der Waals surface area contributed by atoms with Crippen LogP contribution in [-0.2, 0) is 0 Å². The highest BCUT2D eigenvalue weighted by atomic mass is 16.3. The molecule has 248 valence electrons. The van der Waals surface area contributed by atoms with Crippen molar-refractivity contribution in [3.05, 3.63) is 174 Å². The summed E-state index contributed by atoms with van der Waals surface area (Å²) in [6, 6.07) is 50.3. The van der Waals surface area contributed by atoms with Crippen LogP contribution in [0.5, 0.6) is 0 Å². The first-order valence-corrected chi connectivity index (χ1v) is 17.4. The van der Waals surface area contributed by atoms with Crippen LogP contribution in [0.15, 0.2) is 156 Å². The van der Waals surface area contributed by atoms with Crippen molar-refractivity contribution in [1.29, 1.82) is 10.5 Å². The van der Waals surface area contributed by atoms with Crippen LogP contribution in [0, 0.1) is 22.7 Å². The van der Waals surface area contributed by atoms with Crippen LogP contribution in [0.2, 0.25) is 0 Å². The second-order valence-corrected chi connectivity index (χ2v) is 13.0. The monoisotopic (exact) mass is 679 g/mol. The largest absolute Gasteiger partial charge is 0.455 e. The van der Waals surface area contributed by atoms with E-state index in [0.717, 1.165) is 79.3 Å². The SMILES string of the molecule is N#Cc1cccc(-c2cc(-c3cccc(C#N)c3)c3oc4cccc(C5=CC=C(c6nc(-c7ccccc7)nc(-c7ccccc7)n6)CC5)c4c3c2)c1. The molecule has 0 N–H and O–H groups in total. The van der Waals surface area contributed by atoms with E-state index in [1.807, 2.05) is 115 Å². The minimum atomic E-state index is 0.573. The molecule has 0 unspecified atom stereocenters. The highest BCUT2D eigenvalue weighted by Crippen LogP contribution is 2.44. The number of hydrogen-bond acceptors (Lipinski definition) is 6. The predicted molar refractivity (Wildman–Crippen MR) is 210 cm³/mol. The van der Waals surface area contributed by atoms with Crippen molar-refractivity contribution in [2.45, 2.75) is 12.8 Å². The lowest BCUT2D eigenvalue weighted by molar-refractivity contribution is 0.670. The minimum absolute atomic E-state index is 0.573. The van der Waals surface area contributed by atoms with Crippen molar-refractivity contribution < 1.29 is 4.42 Å². The molecule has 0 spiro atoms. The van der Waals surface area contributed by atoms with Gasteiger partial charge in [0.05, 0.1) is 23.3 Å². The third kappa shape index (κ3) is 5.95. The molecule has 0 amide bonds. The maximum absolute atomic E-state index is 9.70. The Morgan fingerprint density at radius 3 is 1.68 bits per heavy atom. The van der Waals surface area contributed by atoms with Gasteiger partial charge in [-0.15, -0.1) is 0 Å². The lowest BCUT2D eigenvalue weighted by Crippen LogP contribution is -2.04. The molecule has 0 saturated heterocycles. The Morgan fingerprint density at radius 2 is 1.04 bits per heavy atom. The van der Waals surface area contributed by atoms with Gasteiger partial charge in [0, 0.05) is 27.5 Å². The van der Waals surface area contributed by atoms with E-state index < -0.39 is 0 Å².